The van der Waals surface area contributed by atoms with Crippen LogP contribution in [0.2, 0.25) is 0 Å². The predicted molar refractivity (Wildman–Crippen MR) is 79.5 cm³/mol. The first-order valence-electron chi connectivity index (χ1n) is 7.44. The summed E-state index contributed by atoms with van der Waals surface area (Å²) in [5.41, 5.74) is 3.30. The quantitative estimate of drug-likeness (QED) is 0.806. The molecule has 21 heavy (non-hydrogen) atoms. The van der Waals surface area contributed by atoms with Crippen molar-refractivity contribution >= 4 is 5.91 Å². The van der Waals surface area contributed by atoms with Crippen molar-refractivity contribution in [3.05, 3.63) is 47.8 Å². The molecule has 0 radical (unpaired) electrons. The van der Waals surface area contributed by atoms with E-state index in [4.69, 9.17) is 4.98 Å². The van der Waals surface area contributed by atoms with Crippen LogP contribution in [0.4, 0.5) is 0 Å². The molecule has 0 aliphatic carbocycles. The molecular formula is C17H17N3O. The van der Waals surface area contributed by atoms with E-state index in [1.165, 1.54) is 0 Å². The minimum Gasteiger partial charge on any atom is -0.332 e. The third-order valence-electron chi connectivity index (χ3n) is 4.59. The zero-order valence-electron chi connectivity index (χ0n) is 12.0. The topological polar surface area (TPSA) is 46.1 Å². The molecule has 0 unspecified atom stereocenters. The van der Waals surface area contributed by atoms with Gasteiger partial charge in [-0.1, -0.05) is 30.3 Å². The van der Waals surface area contributed by atoms with Crippen molar-refractivity contribution in [2.24, 2.45) is 0 Å². The van der Waals surface area contributed by atoms with Gasteiger partial charge in [0.25, 0.3) is 0 Å². The lowest BCUT2D eigenvalue weighted by atomic mass is 9.99. The lowest BCUT2D eigenvalue weighted by Crippen LogP contribution is -2.41. The van der Waals surface area contributed by atoms with Crippen molar-refractivity contribution in [3.8, 4) is 11.4 Å². The minimum atomic E-state index is 0.167. The third kappa shape index (κ3) is 1.94. The molecule has 1 amide bonds. The summed E-state index contributed by atoms with van der Waals surface area (Å²) in [6.07, 6.45) is 4.88. The number of benzene rings is 1. The fourth-order valence-corrected chi connectivity index (χ4v) is 3.68. The molecule has 1 fully saturated rings. The molecule has 3 heterocycles. The van der Waals surface area contributed by atoms with E-state index in [0.29, 0.717) is 6.04 Å². The van der Waals surface area contributed by atoms with Gasteiger partial charge in [0.2, 0.25) is 5.91 Å². The zero-order chi connectivity index (χ0) is 14.4. The van der Waals surface area contributed by atoms with E-state index in [1.54, 1.807) is 6.92 Å². The van der Waals surface area contributed by atoms with Crippen LogP contribution < -0.4 is 0 Å². The van der Waals surface area contributed by atoms with Crippen LogP contribution in [0.25, 0.3) is 11.4 Å². The first kappa shape index (κ1) is 12.5. The van der Waals surface area contributed by atoms with Gasteiger partial charge < -0.3 is 4.90 Å². The molecule has 106 valence electrons. The number of rotatable bonds is 1. The van der Waals surface area contributed by atoms with Gasteiger partial charge in [0.1, 0.15) is 0 Å². The number of nitrogens with zero attached hydrogens (tertiary/aromatic N) is 3. The fourth-order valence-electron chi connectivity index (χ4n) is 3.68. The molecule has 0 N–H and O–H groups in total. The molecule has 2 atom stereocenters. The van der Waals surface area contributed by atoms with Crippen LogP contribution in [0.5, 0.6) is 0 Å². The lowest BCUT2D eigenvalue weighted by molar-refractivity contribution is -0.132. The van der Waals surface area contributed by atoms with Crippen molar-refractivity contribution in [1.29, 1.82) is 0 Å². The molecule has 4 rings (SSSR count). The van der Waals surface area contributed by atoms with Gasteiger partial charge in [-0.05, 0) is 12.8 Å². The number of hydrogen-bond donors (Lipinski definition) is 0. The van der Waals surface area contributed by atoms with Gasteiger partial charge >= 0.3 is 0 Å². The molecule has 2 aliphatic rings. The first-order chi connectivity index (χ1) is 10.2. The monoisotopic (exact) mass is 279 g/mol. The number of hydrogen-bond acceptors (Lipinski definition) is 3. The van der Waals surface area contributed by atoms with E-state index in [-0.39, 0.29) is 11.9 Å². The first-order valence-corrected chi connectivity index (χ1v) is 7.44. The molecule has 4 nitrogen and oxygen atoms in total. The average molecular weight is 279 g/mol. The van der Waals surface area contributed by atoms with Gasteiger partial charge in [0, 0.05) is 36.7 Å². The van der Waals surface area contributed by atoms with Gasteiger partial charge in [-0.15, -0.1) is 0 Å². The van der Waals surface area contributed by atoms with E-state index >= 15 is 0 Å². The number of amides is 1. The predicted octanol–water partition coefficient (Wildman–Crippen LogP) is 2.75. The summed E-state index contributed by atoms with van der Waals surface area (Å²) in [5, 5.41) is 0. The zero-order valence-corrected chi connectivity index (χ0v) is 12.0. The Morgan fingerprint density at radius 1 is 1.24 bits per heavy atom. The van der Waals surface area contributed by atoms with E-state index in [9.17, 15) is 4.79 Å². The van der Waals surface area contributed by atoms with E-state index in [2.05, 4.69) is 4.98 Å². The summed E-state index contributed by atoms with van der Waals surface area (Å²) in [5.74, 6) is 0.949. The summed E-state index contributed by atoms with van der Waals surface area (Å²) in [7, 11) is 0. The summed E-state index contributed by atoms with van der Waals surface area (Å²) in [6, 6.07) is 10.5. The van der Waals surface area contributed by atoms with E-state index < -0.39 is 0 Å². The van der Waals surface area contributed by atoms with E-state index in [1.807, 2.05) is 41.4 Å². The van der Waals surface area contributed by atoms with Gasteiger partial charge in [-0.3, -0.25) is 4.79 Å². The van der Waals surface area contributed by atoms with Crippen molar-refractivity contribution in [2.75, 3.05) is 0 Å². The van der Waals surface area contributed by atoms with Crippen LogP contribution in [0.1, 0.15) is 37.1 Å². The highest BCUT2D eigenvalue weighted by molar-refractivity contribution is 5.75. The highest BCUT2D eigenvalue weighted by Gasteiger charge is 2.42. The lowest BCUT2D eigenvalue weighted by Gasteiger charge is -2.34. The molecule has 1 aromatic heterocycles. The highest BCUT2D eigenvalue weighted by Crippen LogP contribution is 2.43. The van der Waals surface area contributed by atoms with Gasteiger partial charge in [0.05, 0.1) is 11.7 Å². The summed E-state index contributed by atoms with van der Waals surface area (Å²) in [4.78, 5) is 23.2. The maximum absolute atomic E-state index is 11.8. The summed E-state index contributed by atoms with van der Waals surface area (Å²) in [6.45, 7) is 1.66. The second kappa shape index (κ2) is 4.65. The second-order valence-corrected chi connectivity index (χ2v) is 5.84. The van der Waals surface area contributed by atoms with Crippen LogP contribution in [-0.4, -0.2) is 26.8 Å². The smallest absolute Gasteiger partial charge is 0.220 e. The Labute approximate surface area is 123 Å². The van der Waals surface area contributed by atoms with Crippen molar-refractivity contribution < 1.29 is 4.79 Å². The second-order valence-electron chi connectivity index (χ2n) is 5.84. The Bertz CT molecular complexity index is 698. The summed E-state index contributed by atoms with van der Waals surface area (Å²) >= 11 is 0. The number of carbonyl (C=O) groups excluding carboxylic acids is 1. The molecule has 2 aliphatic heterocycles. The highest BCUT2D eigenvalue weighted by atomic mass is 16.2. The Hall–Kier alpha value is -2.23. The van der Waals surface area contributed by atoms with Crippen molar-refractivity contribution in [3.63, 3.8) is 0 Å². The molecule has 1 saturated heterocycles. The van der Waals surface area contributed by atoms with Crippen LogP contribution in [0.3, 0.4) is 0 Å². The Morgan fingerprint density at radius 2 is 2.05 bits per heavy atom. The average Bonchev–Trinajstić information content (AvgIpc) is 2.84. The third-order valence-corrected chi connectivity index (χ3v) is 4.59. The van der Waals surface area contributed by atoms with Crippen LogP contribution in [0.15, 0.2) is 36.5 Å². The van der Waals surface area contributed by atoms with Crippen LogP contribution in [-0.2, 0) is 11.2 Å². The van der Waals surface area contributed by atoms with E-state index in [0.717, 1.165) is 41.9 Å². The largest absolute Gasteiger partial charge is 0.332 e. The van der Waals surface area contributed by atoms with Crippen molar-refractivity contribution in [1.82, 2.24) is 14.9 Å². The molecule has 1 aromatic carbocycles. The summed E-state index contributed by atoms with van der Waals surface area (Å²) < 4.78 is 0. The Kier molecular flexibility index (Phi) is 2.77. The van der Waals surface area contributed by atoms with Gasteiger partial charge in [-0.2, -0.15) is 0 Å². The SMILES string of the molecule is CC(=O)N1[C@H]2CC[C@@H]1c1cnc(-c3ccccc3)nc1C2. The molecule has 0 saturated carbocycles. The van der Waals surface area contributed by atoms with Crippen molar-refractivity contribution in [2.45, 2.75) is 38.3 Å². The maximum Gasteiger partial charge on any atom is 0.220 e. The molecule has 0 spiro atoms. The molecule has 4 heteroatoms. The standard InChI is InChI=1S/C17H17N3O/c1-11(21)20-13-7-8-16(20)14-10-18-17(19-15(14)9-13)12-5-3-2-4-6-12/h2-6,10,13,16H,7-9H2,1H3/t13-,16+/m0/s1. The fraction of sp³-hybridized carbons (Fsp3) is 0.353. The molecule has 2 bridgehead atoms. The minimum absolute atomic E-state index is 0.167. The van der Waals surface area contributed by atoms with Crippen LogP contribution >= 0.6 is 0 Å². The van der Waals surface area contributed by atoms with Gasteiger partial charge in [0.15, 0.2) is 5.82 Å². The normalized spacial score (nSPS) is 23.0. The number of carbonyl (C=O) groups is 1. The molecular weight excluding hydrogens is 262 g/mol. The Morgan fingerprint density at radius 3 is 2.81 bits per heavy atom. The van der Waals surface area contributed by atoms with Gasteiger partial charge in [-0.25, -0.2) is 9.97 Å². The number of fused-ring (bicyclic) bond motifs is 4. The Balaban J connectivity index is 1.76. The van der Waals surface area contributed by atoms with Crippen LogP contribution in [0, 0.1) is 0 Å². The maximum atomic E-state index is 11.8. The molecule has 2 aromatic rings. The number of aromatic nitrogens is 2.